The van der Waals surface area contributed by atoms with Crippen LogP contribution in [0.3, 0.4) is 0 Å². The van der Waals surface area contributed by atoms with Crippen molar-refractivity contribution < 1.29 is 14.7 Å². The van der Waals surface area contributed by atoms with E-state index in [1.165, 1.54) is 5.56 Å². The van der Waals surface area contributed by atoms with E-state index < -0.39 is 11.4 Å². The fraction of sp³-hybridized carbons (Fsp3) is 0.500. The van der Waals surface area contributed by atoms with Gasteiger partial charge in [0.2, 0.25) is 5.91 Å². The van der Waals surface area contributed by atoms with E-state index in [0.29, 0.717) is 12.8 Å². The molecule has 1 aliphatic carbocycles. The van der Waals surface area contributed by atoms with Gasteiger partial charge in [0.1, 0.15) is 0 Å². The molecule has 0 unspecified atom stereocenters. The van der Waals surface area contributed by atoms with Crippen LogP contribution in [-0.2, 0) is 16.0 Å². The zero-order valence-electron chi connectivity index (χ0n) is 11.8. The first-order valence-electron chi connectivity index (χ1n) is 7.18. The molecule has 4 heteroatoms. The highest BCUT2D eigenvalue weighted by Gasteiger charge is 2.42. The van der Waals surface area contributed by atoms with E-state index in [0.717, 1.165) is 24.9 Å². The Labute approximate surface area is 119 Å². The Kier molecular flexibility index (Phi) is 4.42. The lowest BCUT2D eigenvalue weighted by atomic mass is 9.82. The van der Waals surface area contributed by atoms with Crippen LogP contribution >= 0.6 is 0 Å². The van der Waals surface area contributed by atoms with Gasteiger partial charge in [-0.05, 0) is 37.0 Å². The second-order valence-corrected chi connectivity index (χ2v) is 5.57. The molecular weight excluding hydrogens is 254 g/mol. The van der Waals surface area contributed by atoms with Gasteiger partial charge in [-0.25, -0.2) is 0 Å². The molecule has 2 rings (SSSR count). The van der Waals surface area contributed by atoms with Crippen molar-refractivity contribution >= 4 is 17.6 Å². The Morgan fingerprint density at radius 3 is 2.30 bits per heavy atom. The highest BCUT2D eigenvalue weighted by molar-refractivity contribution is 5.94. The molecule has 1 aromatic rings. The number of rotatable bonds is 5. The third-order valence-corrected chi connectivity index (χ3v) is 4.16. The van der Waals surface area contributed by atoms with Crippen LogP contribution in [0.5, 0.6) is 0 Å². The molecule has 0 saturated heterocycles. The van der Waals surface area contributed by atoms with Crippen LogP contribution in [0.1, 0.15) is 44.6 Å². The Bertz CT molecular complexity index is 487. The van der Waals surface area contributed by atoms with Crippen molar-refractivity contribution in [1.82, 2.24) is 0 Å². The lowest BCUT2D eigenvalue weighted by molar-refractivity contribution is -0.150. The number of aryl methyl sites for hydroxylation is 1. The van der Waals surface area contributed by atoms with E-state index in [1.807, 2.05) is 24.3 Å². The molecule has 0 heterocycles. The molecule has 0 bridgehead atoms. The number of hydrogen-bond acceptors (Lipinski definition) is 2. The summed E-state index contributed by atoms with van der Waals surface area (Å²) in [5, 5.41) is 12.2. The van der Waals surface area contributed by atoms with Gasteiger partial charge in [0, 0.05) is 12.1 Å². The van der Waals surface area contributed by atoms with E-state index in [9.17, 15) is 14.7 Å². The maximum Gasteiger partial charge on any atom is 0.310 e. The normalized spacial score (nSPS) is 16.9. The molecule has 1 amide bonds. The molecule has 1 fully saturated rings. The van der Waals surface area contributed by atoms with Gasteiger partial charge in [-0.15, -0.1) is 0 Å². The molecular formula is C16H21NO3. The summed E-state index contributed by atoms with van der Waals surface area (Å²) < 4.78 is 0. The first-order chi connectivity index (χ1) is 9.55. The van der Waals surface area contributed by atoms with Crippen LogP contribution in [0.25, 0.3) is 0 Å². The van der Waals surface area contributed by atoms with Crippen LogP contribution in [0.4, 0.5) is 5.69 Å². The second kappa shape index (κ2) is 6.07. The monoisotopic (exact) mass is 275 g/mol. The molecule has 0 aromatic heterocycles. The molecule has 0 radical (unpaired) electrons. The number of carboxylic acids is 1. The molecule has 108 valence electrons. The van der Waals surface area contributed by atoms with Crippen LogP contribution in [-0.4, -0.2) is 17.0 Å². The van der Waals surface area contributed by atoms with E-state index in [1.54, 1.807) is 0 Å². The number of hydrogen-bond donors (Lipinski definition) is 2. The first-order valence-corrected chi connectivity index (χ1v) is 7.18. The number of amides is 1. The van der Waals surface area contributed by atoms with E-state index in [2.05, 4.69) is 12.2 Å². The molecule has 1 aliphatic rings. The maximum absolute atomic E-state index is 12.1. The zero-order chi connectivity index (χ0) is 14.6. The van der Waals surface area contributed by atoms with Gasteiger partial charge >= 0.3 is 5.97 Å². The molecule has 1 saturated carbocycles. The third-order valence-electron chi connectivity index (χ3n) is 4.16. The Morgan fingerprint density at radius 1 is 1.20 bits per heavy atom. The summed E-state index contributed by atoms with van der Waals surface area (Å²) in [6, 6.07) is 7.66. The molecule has 0 aliphatic heterocycles. The third kappa shape index (κ3) is 3.18. The molecule has 0 spiro atoms. The van der Waals surface area contributed by atoms with Gasteiger partial charge in [0.15, 0.2) is 0 Å². The Balaban J connectivity index is 1.99. The predicted octanol–water partition coefficient (Wildman–Crippen LogP) is 3.22. The van der Waals surface area contributed by atoms with Gasteiger partial charge < -0.3 is 10.4 Å². The minimum absolute atomic E-state index is 0.0673. The Hall–Kier alpha value is -1.84. The van der Waals surface area contributed by atoms with Crippen molar-refractivity contribution in [2.75, 3.05) is 5.32 Å². The van der Waals surface area contributed by atoms with Gasteiger partial charge in [-0.3, -0.25) is 9.59 Å². The summed E-state index contributed by atoms with van der Waals surface area (Å²) in [6.07, 6.45) is 4.01. The second-order valence-electron chi connectivity index (χ2n) is 5.57. The minimum Gasteiger partial charge on any atom is -0.481 e. The highest BCUT2D eigenvalue weighted by atomic mass is 16.4. The topological polar surface area (TPSA) is 66.4 Å². The molecule has 4 nitrogen and oxygen atoms in total. The number of carboxylic acid groups (broad SMARTS) is 1. The van der Waals surface area contributed by atoms with Gasteiger partial charge in [0.25, 0.3) is 0 Å². The van der Waals surface area contributed by atoms with Crippen LogP contribution in [0.2, 0.25) is 0 Å². The average Bonchev–Trinajstić information content (AvgIpc) is 2.89. The maximum atomic E-state index is 12.1. The van der Waals surface area contributed by atoms with Crippen molar-refractivity contribution in [1.29, 1.82) is 0 Å². The van der Waals surface area contributed by atoms with E-state index >= 15 is 0 Å². The fourth-order valence-electron chi connectivity index (χ4n) is 2.85. The van der Waals surface area contributed by atoms with Crippen molar-refractivity contribution in [3.63, 3.8) is 0 Å². The van der Waals surface area contributed by atoms with E-state index in [-0.39, 0.29) is 12.3 Å². The summed E-state index contributed by atoms with van der Waals surface area (Å²) in [6.45, 7) is 2.07. The standard InChI is InChI=1S/C16H21NO3/c1-2-12-5-7-13(8-6-12)17-14(18)11-16(15(19)20)9-3-4-10-16/h5-8H,2-4,9-11H2,1H3,(H,17,18)(H,19,20). The highest BCUT2D eigenvalue weighted by Crippen LogP contribution is 2.41. The Morgan fingerprint density at radius 2 is 1.80 bits per heavy atom. The SMILES string of the molecule is CCc1ccc(NC(=O)CC2(C(=O)O)CCCC2)cc1. The molecule has 2 N–H and O–H groups in total. The summed E-state index contributed by atoms with van der Waals surface area (Å²) in [5.74, 6) is -1.05. The number of carbonyl (C=O) groups is 2. The number of carbonyl (C=O) groups excluding carboxylic acids is 1. The lowest BCUT2D eigenvalue weighted by Crippen LogP contribution is -2.32. The number of nitrogens with one attached hydrogen (secondary N) is 1. The molecule has 1 aromatic carbocycles. The molecule has 20 heavy (non-hydrogen) atoms. The smallest absolute Gasteiger partial charge is 0.310 e. The summed E-state index contributed by atoms with van der Waals surface area (Å²) in [4.78, 5) is 23.5. The van der Waals surface area contributed by atoms with Crippen LogP contribution in [0, 0.1) is 5.41 Å². The number of anilines is 1. The van der Waals surface area contributed by atoms with Crippen molar-refractivity contribution in [3.8, 4) is 0 Å². The van der Waals surface area contributed by atoms with Gasteiger partial charge in [-0.1, -0.05) is 31.9 Å². The van der Waals surface area contributed by atoms with E-state index in [4.69, 9.17) is 0 Å². The van der Waals surface area contributed by atoms with Crippen LogP contribution in [0.15, 0.2) is 24.3 Å². The zero-order valence-corrected chi connectivity index (χ0v) is 11.8. The van der Waals surface area contributed by atoms with Gasteiger partial charge in [-0.2, -0.15) is 0 Å². The summed E-state index contributed by atoms with van der Waals surface area (Å²) in [7, 11) is 0. The van der Waals surface area contributed by atoms with Gasteiger partial charge in [0.05, 0.1) is 5.41 Å². The summed E-state index contributed by atoms with van der Waals surface area (Å²) in [5.41, 5.74) is 1.08. The fourth-order valence-corrected chi connectivity index (χ4v) is 2.85. The largest absolute Gasteiger partial charge is 0.481 e. The average molecular weight is 275 g/mol. The van der Waals surface area contributed by atoms with Crippen molar-refractivity contribution in [2.45, 2.75) is 45.4 Å². The lowest BCUT2D eigenvalue weighted by Gasteiger charge is -2.22. The molecule has 0 atom stereocenters. The number of aliphatic carboxylic acids is 1. The quantitative estimate of drug-likeness (QED) is 0.867. The predicted molar refractivity (Wildman–Crippen MR) is 77.6 cm³/mol. The summed E-state index contributed by atoms with van der Waals surface area (Å²) >= 11 is 0. The minimum atomic E-state index is -0.854. The van der Waals surface area contributed by atoms with Crippen LogP contribution < -0.4 is 5.32 Å². The van der Waals surface area contributed by atoms with Crippen molar-refractivity contribution in [3.05, 3.63) is 29.8 Å². The number of benzene rings is 1. The first kappa shape index (κ1) is 14.6. The van der Waals surface area contributed by atoms with Crippen molar-refractivity contribution in [2.24, 2.45) is 5.41 Å².